The number of hydrogen-bond donors (Lipinski definition) is 1. The van der Waals surface area contributed by atoms with Crippen molar-refractivity contribution in [1.29, 1.82) is 0 Å². The minimum Gasteiger partial charge on any atom is -0.359 e. The molecule has 0 spiro atoms. The van der Waals surface area contributed by atoms with Crippen LogP contribution in [-0.2, 0) is 0 Å². The van der Waals surface area contributed by atoms with E-state index in [2.05, 4.69) is 44.7 Å². The van der Waals surface area contributed by atoms with Gasteiger partial charge in [-0.3, -0.25) is 0 Å². The van der Waals surface area contributed by atoms with Gasteiger partial charge in [-0.05, 0) is 12.1 Å². The van der Waals surface area contributed by atoms with Crippen LogP contribution in [0.2, 0.25) is 38.3 Å². The zero-order valence-electron chi connectivity index (χ0n) is 14.6. The molecule has 0 aliphatic carbocycles. The van der Waals surface area contributed by atoms with Crippen molar-refractivity contribution in [2.75, 3.05) is 0 Å². The molecule has 0 aromatic rings. The number of nitrogens with one attached hydrogen (secondary N) is 1. The van der Waals surface area contributed by atoms with Crippen LogP contribution in [0.4, 0.5) is 0 Å². The monoisotopic (exact) mass is 301 g/mol. The number of hydrogen-bond acceptors (Lipinski definition) is 1. The Morgan fingerprint density at radius 3 is 1.26 bits per heavy atom. The highest BCUT2D eigenvalue weighted by Gasteiger charge is 2.29. The summed E-state index contributed by atoms with van der Waals surface area (Å²) in [6.07, 6.45) is 11.3. The van der Waals surface area contributed by atoms with E-state index in [4.69, 9.17) is 0 Å². The molecule has 19 heavy (non-hydrogen) atoms. The summed E-state index contributed by atoms with van der Waals surface area (Å²) in [6, 6.07) is 2.94. The molecule has 0 aromatic carbocycles. The van der Waals surface area contributed by atoms with E-state index in [9.17, 15) is 0 Å². The minimum atomic E-state index is -1.15. The summed E-state index contributed by atoms with van der Waals surface area (Å²) in [5.74, 6) is 0. The third-order valence-electron chi connectivity index (χ3n) is 3.99. The molecule has 0 aliphatic rings. The van der Waals surface area contributed by atoms with E-state index in [0.717, 1.165) is 0 Å². The Bertz CT molecular complexity index is 193. The second kappa shape index (κ2) is 10.2. The van der Waals surface area contributed by atoms with E-state index in [-0.39, 0.29) is 0 Å². The van der Waals surface area contributed by atoms with Crippen molar-refractivity contribution in [2.45, 2.75) is 103 Å². The fraction of sp³-hybridized carbons (Fsp3) is 1.00. The molecule has 0 fully saturated rings. The van der Waals surface area contributed by atoms with Crippen LogP contribution < -0.4 is 4.65 Å². The fourth-order valence-electron chi connectivity index (χ4n) is 3.03. The largest absolute Gasteiger partial charge is 0.359 e. The number of unbranched alkanes of at least 4 members (excludes halogenated alkanes) is 6. The van der Waals surface area contributed by atoms with Gasteiger partial charge in [-0.25, -0.2) is 0 Å². The topological polar surface area (TPSA) is 12.0 Å². The molecule has 3 heteroatoms. The van der Waals surface area contributed by atoms with Crippen LogP contribution in [0.15, 0.2) is 0 Å². The van der Waals surface area contributed by atoms with Crippen molar-refractivity contribution >= 4 is 16.5 Å². The lowest BCUT2D eigenvalue weighted by molar-refractivity contribution is 0.691. The van der Waals surface area contributed by atoms with Crippen molar-refractivity contribution in [2.24, 2.45) is 0 Å². The first-order chi connectivity index (χ1) is 8.83. The molecular weight excluding hydrogens is 262 g/mol. The van der Waals surface area contributed by atoms with Gasteiger partial charge in [-0.1, -0.05) is 91.4 Å². The van der Waals surface area contributed by atoms with Crippen molar-refractivity contribution in [3.8, 4) is 0 Å². The molecule has 0 amide bonds. The zero-order chi connectivity index (χ0) is 14.8. The Kier molecular flexibility index (Phi) is 10.4. The molecule has 0 atom stereocenters. The second-order valence-corrected chi connectivity index (χ2v) is 17.0. The van der Waals surface area contributed by atoms with Crippen LogP contribution >= 0.6 is 0 Å². The van der Waals surface area contributed by atoms with Crippen molar-refractivity contribution < 1.29 is 0 Å². The predicted octanol–water partition coefficient (Wildman–Crippen LogP) is 6.15. The maximum atomic E-state index is 4.16. The van der Waals surface area contributed by atoms with Gasteiger partial charge in [0.05, 0.1) is 0 Å². The van der Waals surface area contributed by atoms with Crippen LogP contribution in [0.25, 0.3) is 0 Å². The lowest BCUT2D eigenvalue weighted by atomic mass is 10.2. The van der Waals surface area contributed by atoms with Gasteiger partial charge in [0, 0.05) is 0 Å². The maximum absolute atomic E-state index is 4.16. The Morgan fingerprint density at radius 2 is 0.947 bits per heavy atom. The maximum Gasteiger partial charge on any atom is 0.112 e. The highest BCUT2D eigenvalue weighted by molar-refractivity contribution is 6.91. The third-order valence-corrected chi connectivity index (χ3v) is 12.6. The summed E-state index contributed by atoms with van der Waals surface area (Å²) in [4.78, 5) is 0. The Morgan fingerprint density at radius 1 is 0.579 bits per heavy atom. The summed E-state index contributed by atoms with van der Waals surface area (Å²) in [7, 11) is -2.29. The Labute approximate surface area is 125 Å². The first kappa shape index (κ1) is 19.4. The molecule has 0 bridgehead atoms. The molecular formula is C16H39NSi2. The normalized spacial score (nSPS) is 12.9. The summed E-state index contributed by atoms with van der Waals surface area (Å²) in [5, 5.41) is 0. The van der Waals surface area contributed by atoms with E-state index < -0.39 is 16.5 Å². The third kappa shape index (κ3) is 11.9. The molecule has 0 rings (SSSR count). The smallest absolute Gasteiger partial charge is 0.112 e. The van der Waals surface area contributed by atoms with Crippen LogP contribution in [0.3, 0.4) is 0 Å². The van der Waals surface area contributed by atoms with Crippen LogP contribution in [0, 0.1) is 0 Å². The van der Waals surface area contributed by atoms with Gasteiger partial charge in [-0.15, -0.1) is 0 Å². The van der Waals surface area contributed by atoms with Gasteiger partial charge in [-0.2, -0.15) is 0 Å². The van der Waals surface area contributed by atoms with Crippen molar-refractivity contribution in [3.63, 3.8) is 0 Å². The van der Waals surface area contributed by atoms with E-state index >= 15 is 0 Å². The van der Waals surface area contributed by atoms with Gasteiger partial charge >= 0.3 is 0 Å². The highest BCUT2D eigenvalue weighted by atomic mass is 28.4. The quantitative estimate of drug-likeness (QED) is 0.337. The zero-order valence-corrected chi connectivity index (χ0v) is 16.6. The van der Waals surface area contributed by atoms with E-state index in [1.54, 1.807) is 0 Å². The second-order valence-electron chi connectivity index (χ2n) is 7.51. The van der Waals surface area contributed by atoms with Gasteiger partial charge in [0.2, 0.25) is 0 Å². The summed E-state index contributed by atoms with van der Waals surface area (Å²) < 4.78 is 4.16. The van der Waals surface area contributed by atoms with Gasteiger partial charge in [0.15, 0.2) is 0 Å². The van der Waals surface area contributed by atoms with Crippen LogP contribution in [0.5, 0.6) is 0 Å². The van der Waals surface area contributed by atoms with Crippen molar-refractivity contribution in [3.05, 3.63) is 0 Å². The lowest BCUT2D eigenvalue weighted by Crippen LogP contribution is -2.58. The first-order valence-electron chi connectivity index (χ1n) is 8.62. The van der Waals surface area contributed by atoms with Gasteiger partial charge < -0.3 is 4.65 Å². The average Bonchev–Trinajstić information content (AvgIpc) is 2.29. The molecule has 116 valence electrons. The molecule has 0 aromatic heterocycles. The molecule has 0 saturated heterocycles. The van der Waals surface area contributed by atoms with Gasteiger partial charge in [0.1, 0.15) is 16.5 Å². The van der Waals surface area contributed by atoms with Crippen molar-refractivity contribution in [1.82, 2.24) is 4.65 Å². The molecule has 0 unspecified atom stereocenters. The molecule has 0 heterocycles. The molecule has 1 nitrogen and oxygen atoms in total. The molecule has 0 radical (unpaired) electrons. The lowest BCUT2D eigenvalue weighted by Gasteiger charge is -2.35. The van der Waals surface area contributed by atoms with E-state index in [1.807, 2.05) is 0 Å². The Hall–Kier alpha value is 0.394. The number of rotatable bonds is 12. The summed E-state index contributed by atoms with van der Waals surface area (Å²) in [5.41, 5.74) is 0. The summed E-state index contributed by atoms with van der Waals surface area (Å²) >= 11 is 0. The van der Waals surface area contributed by atoms with E-state index in [1.165, 1.54) is 63.5 Å². The molecule has 1 N–H and O–H groups in total. The summed E-state index contributed by atoms with van der Waals surface area (Å²) in [6.45, 7) is 14.8. The van der Waals surface area contributed by atoms with Gasteiger partial charge in [0.25, 0.3) is 0 Å². The van der Waals surface area contributed by atoms with Crippen LogP contribution in [0.1, 0.15) is 65.2 Å². The molecule has 0 saturated carbocycles. The Balaban J connectivity index is 3.93. The molecule has 0 aliphatic heterocycles. The van der Waals surface area contributed by atoms with Crippen LogP contribution in [-0.4, -0.2) is 16.5 Å². The first-order valence-corrected chi connectivity index (χ1v) is 15.0. The minimum absolute atomic E-state index is 1.15. The SMILES string of the molecule is CCCCCC[Si](C)(C)N[Si](C)(C)CCCCCC. The van der Waals surface area contributed by atoms with E-state index in [0.29, 0.717) is 0 Å². The predicted molar refractivity (Wildman–Crippen MR) is 96.0 cm³/mol. The average molecular weight is 302 g/mol. The fourth-order valence-corrected chi connectivity index (χ4v) is 13.6. The standard InChI is InChI=1S/C16H39NSi2/c1-7-9-11-13-15-18(3,4)17-19(5,6)16-14-12-10-8-2/h17H,7-16H2,1-6H3. The highest BCUT2D eigenvalue weighted by Crippen LogP contribution is 2.19.